The number of ketones is 2. The number of carbonyl (C=O) groups is 2. The Kier molecular flexibility index (Phi) is 4.35. The van der Waals surface area contributed by atoms with Gasteiger partial charge in [-0.05, 0) is 55.6 Å². The zero-order chi connectivity index (χ0) is 20.7. The van der Waals surface area contributed by atoms with Crippen molar-refractivity contribution in [1.82, 2.24) is 0 Å². The maximum Gasteiger partial charge on any atom is 0.190 e. The van der Waals surface area contributed by atoms with Crippen LogP contribution < -0.4 is 0 Å². The number of allylic oxidation sites excluding steroid dienone is 4. The van der Waals surface area contributed by atoms with Gasteiger partial charge in [-0.25, -0.2) is 0 Å². The molecular formula is C22H29ClO5. The van der Waals surface area contributed by atoms with Crippen LogP contribution in [-0.4, -0.2) is 50.1 Å². The van der Waals surface area contributed by atoms with E-state index in [0.29, 0.717) is 19.3 Å². The molecule has 3 N–H and O–H groups in total. The van der Waals surface area contributed by atoms with Crippen molar-refractivity contribution in [3.63, 3.8) is 0 Å². The standard InChI is InChI=1S/C22H29ClO5/c1-12-8-16-15-5-4-13-9-14(25)6-7-19(13,2)21(15,23)17(26)10-20(16,3)22(12,28)18(27)11-24/h6-7,9,12,15-17,24,26,28H,4-5,8,10-11H2,1-3H3/t12-,15?,16-,17-,19-,20-,21-,22-/m0/s1. The Morgan fingerprint density at radius 1 is 1.32 bits per heavy atom. The van der Waals surface area contributed by atoms with E-state index in [2.05, 4.69) is 0 Å². The van der Waals surface area contributed by atoms with Crippen LogP contribution in [0.15, 0.2) is 23.8 Å². The van der Waals surface area contributed by atoms with Gasteiger partial charge < -0.3 is 15.3 Å². The Morgan fingerprint density at radius 2 is 2.00 bits per heavy atom. The Hall–Kier alpha value is -1.01. The van der Waals surface area contributed by atoms with Crippen molar-refractivity contribution in [2.24, 2.45) is 28.6 Å². The molecule has 28 heavy (non-hydrogen) atoms. The molecule has 3 fully saturated rings. The van der Waals surface area contributed by atoms with Gasteiger partial charge in [0.05, 0.1) is 11.0 Å². The monoisotopic (exact) mass is 408 g/mol. The first-order valence-electron chi connectivity index (χ1n) is 10.1. The lowest BCUT2D eigenvalue weighted by Crippen LogP contribution is -2.69. The fourth-order valence-corrected chi connectivity index (χ4v) is 7.78. The Labute approximate surface area is 170 Å². The van der Waals surface area contributed by atoms with E-state index in [1.807, 2.05) is 26.8 Å². The summed E-state index contributed by atoms with van der Waals surface area (Å²) in [5, 5.41) is 32.3. The van der Waals surface area contributed by atoms with Crippen LogP contribution in [0, 0.1) is 28.6 Å². The second-order valence-electron chi connectivity index (χ2n) is 9.75. The summed E-state index contributed by atoms with van der Waals surface area (Å²) < 4.78 is 0. The van der Waals surface area contributed by atoms with Crippen molar-refractivity contribution in [3.05, 3.63) is 23.8 Å². The maximum atomic E-state index is 12.6. The number of hydrogen-bond donors (Lipinski definition) is 3. The fourth-order valence-electron chi connectivity index (χ4n) is 7.26. The van der Waals surface area contributed by atoms with Crippen molar-refractivity contribution in [2.75, 3.05) is 6.61 Å². The van der Waals surface area contributed by atoms with Gasteiger partial charge in [-0.3, -0.25) is 9.59 Å². The molecule has 0 aromatic heterocycles. The number of hydrogen-bond acceptors (Lipinski definition) is 5. The summed E-state index contributed by atoms with van der Waals surface area (Å²) in [6.45, 7) is 4.97. The first-order chi connectivity index (χ1) is 13.0. The van der Waals surface area contributed by atoms with Crippen LogP contribution in [-0.2, 0) is 9.59 Å². The van der Waals surface area contributed by atoms with Gasteiger partial charge in [-0.2, -0.15) is 0 Å². The summed E-state index contributed by atoms with van der Waals surface area (Å²) in [6, 6.07) is 0. The van der Waals surface area contributed by atoms with Gasteiger partial charge in [-0.15, -0.1) is 11.6 Å². The van der Waals surface area contributed by atoms with Gasteiger partial charge >= 0.3 is 0 Å². The van der Waals surface area contributed by atoms with Crippen molar-refractivity contribution in [2.45, 2.75) is 63.0 Å². The molecule has 4 aliphatic rings. The van der Waals surface area contributed by atoms with E-state index in [1.54, 1.807) is 6.08 Å². The van der Waals surface area contributed by atoms with Crippen molar-refractivity contribution >= 4 is 23.2 Å². The SMILES string of the molecule is C[C@H]1C[C@H]2C3CCC4=CC(=O)C=C[C@]4(C)[C@@]3(Cl)[C@@H](O)C[C@]2(C)[C@@]1(O)C(=O)CO. The second kappa shape index (κ2) is 6.00. The average molecular weight is 409 g/mol. The third-order valence-electron chi connectivity index (χ3n) is 8.79. The van der Waals surface area contributed by atoms with E-state index in [4.69, 9.17) is 11.6 Å². The molecular weight excluding hydrogens is 380 g/mol. The third-order valence-corrected chi connectivity index (χ3v) is 9.72. The quantitative estimate of drug-likeness (QED) is 0.608. The number of alkyl halides is 1. The summed E-state index contributed by atoms with van der Waals surface area (Å²) in [5.74, 6) is -1.15. The lowest BCUT2D eigenvalue weighted by atomic mass is 9.45. The van der Waals surface area contributed by atoms with E-state index in [9.17, 15) is 24.9 Å². The van der Waals surface area contributed by atoms with E-state index in [1.165, 1.54) is 6.08 Å². The van der Waals surface area contributed by atoms with E-state index >= 15 is 0 Å². The Balaban J connectivity index is 1.84. The minimum atomic E-state index is -1.68. The molecule has 8 atom stereocenters. The van der Waals surface area contributed by atoms with Crippen LogP contribution in [0.25, 0.3) is 0 Å². The Bertz CT molecular complexity index is 805. The van der Waals surface area contributed by atoms with Crippen LogP contribution in [0.3, 0.4) is 0 Å². The number of halogens is 1. The topological polar surface area (TPSA) is 94.8 Å². The van der Waals surface area contributed by atoms with E-state index in [0.717, 1.165) is 5.57 Å². The van der Waals surface area contributed by atoms with Crippen LogP contribution in [0.4, 0.5) is 0 Å². The molecule has 0 saturated heterocycles. The smallest absolute Gasteiger partial charge is 0.190 e. The number of fused-ring (bicyclic) bond motifs is 5. The number of Topliss-reactive ketones (excluding diaryl/α,β-unsaturated/α-hetero) is 1. The molecule has 0 bridgehead atoms. The maximum absolute atomic E-state index is 12.6. The first-order valence-corrected chi connectivity index (χ1v) is 10.5. The summed E-state index contributed by atoms with van der Waals surface area (Å²) in [7, 11) is 0. The number of aliphatic hydroxyl groups is 3. The van der Waals surface area contributed by atoms with Gasteiger partial charge in [0.2, 0.25) is 0 Å². The lowest BCUT2D eigenvalue weighted by molar-refractivity contribution is -0.179. The largest absolute Gasteiger partial charge is 0.391 e. The highest BCUT2D eigenvalue weighted by Crippen LogP contribution is 2.71. The van der Waals surface area contributed by atoms with Crippen molar-refractivity contribution in [3.8, 4) is 0 Å². The van der Waals surface area contributed by atoms with Crippen LogP contribution >= 0.6 is 11.6 Å². The van der Waals surface area contributed by atoms with Gasteiger partial charge in [0.25, 0.3) is 0 Å². The molecule has 0 amide bonds. The second-order valence-corrected chi connectivity index (χ2v) is 10.4. The van der Waals surface area contributed by atoms with Crippen LogP contribution in [0.2, 0.25) is 0 Å². The highest BCUT2D eigenvalue weighted by molar-refractivity contribution is 6.26. The molecule has 4 rings (SSSR count). The fraction of sp³-hybridized carbons (Fsp3) is 0.727. The Morgan fingerprint density at radius 3 is 2.64 bits per heavy atom. The minimum absolute atomic E-state index is 0.0567. The summed E-state index contributed by atoms with van der Waals surface area (Å²) in [6.07, 6.45) is 6.22. The van der Waals surface area contributed by atoms with E-state index in [-0.39, 0.29) is 30.0 Å². The molecule has 3 saturated carbocycles. The predicted octanol–water partition coefficient (Wildman–Crippen LogP) is 2.17. The van der Waals surface area contributed by atoms with Crippen molar-refractivity contribution < 1.29 is 24.9 Å². The number of aliphatic hydroxyl groups excluding tert-OH is 2. The summed E-state index contributed by atoms with van der Waals surface area (Å²) in [5.41, 5.74) is -2.25. The van der Waals surface area contributed by atoms with E-state index < -0.39 is 39.8 Å². The molecule has 0 aliphatic heterocycles. The molecule has 1 unspecified atom stereocenters. The van der Waals surface area contributed by atoms with Crippen molar-refractivity contribution in [1.29, 1.82) is 0 Å². The highest BCUT2D eigenvalue weighted by Gasteiger charge is 2.74. The molecule has 0 aromatic carbocycles. The molecule has 154 valence electrons. The molecule has 0 spiro atoms. The molecule has 5 nitrogen and oxygen atoms in total. The third kappa shape index (κ3) is 2.09. The highest BCUT2D eigenvalue weighted by atomic mass is 35.5. The van der Waals surface area contributed by atoms with Gasteiger partial charge in [-0.1, -0.05) is 32.4 Å². The molecule has 0 aromatic rings. The van der Waals surface area contributed by atoms with Crippen LogP contribution in [0.1, 0.15) is 46.5 Å². The zero-order valence-electron chi connectivity index (χ0n) is 16.6. The molecule has 4 aliphatic carbocycles. The molecule has 0 heterocycles. The average Bonchev–Trinajstić information content (AvgIpc) is 2.84. The van der Waals surface area contributed by atoms with Gasteiger partial charge in [0, 0.05) is 10.8 Å². The van der Waals surface area contributed by atoms with Crippen LogP contribution in [0.5, 0.6) is 0 Å². The minimum Gasteiger partial charge on any atom is -0.391 e. The van der Waals surface area contributed by atoms with Gasteiger partial charge in [0.15, 0.2) is 11.6 Å². The first kappa shape index (κ1) is 20.3. The lowest BCUT2D eigenvalue weighted by Gasteiger charge is -2.63. The normalized spacial score (nSPS) is 52.5. The predicted molar refractivity (Wildman–Crippen MR) is 105 cm³/mol. The number of rotatable bonds is 2. The number of carbonyl (C=O) groups excluding carboxylic acids is 2. The zero-order valence-corrected chi connectivity index (χ0v) is 17.4. The van der Waals surface area contributed by atoms with Gasteiger partial charge in [0.1, 0.15) is 12.2 Å². The summed E-state index contributed by atoms with van der Waals surface area (Å²) >= 11 is 7.30. The molecule has 6 heteroatoms. The summed E-state index contributed by atoms with van der Waals surface area (Å²) in [4.78, 5) is 23.5. The molecule has 0 radical (unpaired) electrons.